The van der Waals surface area contributed by atoms with Gasteiger partial charge < -0.3 is 10.5 Å². The summed E-state index contributed by atoms with van der Waals surface area (Å²) in [6, 6.07) is 9.91. The number of rotatable bonds is 5. The third-order valence-electron chi connectivity index (χ3n) is 2.62. The first-order valence-electron chi connectivity index (χ1n) is 6.05. The van der Waals surface area contributed by atoms with E-state index in [2.05, 4.69) is 5.10 Å². The fourth-order valence-electron chi connectivity index (χ4n) is 1.76. The fourth-order valence-corrected chi connectivity index (χ4v) is 1.76. The molecule has 0 unspecified atom stereocenters. The molecule has 1 heterocycles. The Labute approximate surface area is 114 Å². The van der Waals surface area contributed by atoms with Crippen molar-refractivity contribution in [3.63, 3.8) is 0 Å². The van der Waals surface area contributed by atoms with E-state index in [4.69, 9.17) is 10.5 Å². The van der Waals surface area contributed by atoms with Crippen LogP contribution in [0.3, 0.4) is 0 Å². The molecule has 2 rings (SSSR count). The highest BCUT2D eigenvalue weighted by atomic mass is 19.4. The number of halogens is 3. The maximum absolute atomic E-state index is 12.7. The van der Waals surface area contributed by atoms with E-state index in [1.807, 2.05) is 18.2 Å². The Kier molecular flexibility index (Phi) is 4.16. The fraction of sp³-hybridized carbons (Fsp3) is 0.308. The molecule has 0 bridgehead atoms. The number of benzene rings is 1. The van der Waals surface area contributed by atoms with Crippen LogP contribution in [-0.4, -0.2) is 16.4 Å². The predicted octanol–water partition coefficient (Wildman–Crippen LogP) is 2.95. The summed E-state index contributed by atoms with van der Waals surface area (Å²) in [4.78, 5) is 0. The zero-order chi connectivity index (χ0) is 14.6. The van der Waals surface area contributed by atoms with Crippen LogP contribution in [0.2, 0.25) is 0 Å². The Bertz CT molecular complexity index is 552. The van der Waals surface area contributed by atoms with Gasteiger partial charge >= 0.3 is 6.18 Å². The maximum atomic E-state index is 12.7. The lowest BCUT2D eigenvalue weighted by Crippen LogP contribution is -2.16. The topological polar surface area (TPSA) is 53.1 Å². The van der Waals surface area contributed by atoms with E-state index in [9.17, 15) is 13.2 Å². The second-order valence-corrected chi connectivity index (χ2v) is 4.19. The van der Waals surface area contributed by atoms with E-state index < -0.39 is 11.9 Å². The molecule has 0 radical (unpaired) electrons. The molecule has 2 aromatic rings. The highest BCUT2D eigenvalue weighted by molar-refractivity contribution is 5.30. The van der Waals surface area contributed by atoms with Crippen LogP contribution in [0.25, 0.3) is 0 Å². The van der Waals surface area contributed by atoms with Gasteiger partial charge in [0.1, 0.15) is 17.3 Å². The summed E-state index contributed by atoms with van der Waals surface area (Å²) in [5.41, 5.74) is 4.47. The van der Waals surface area contributed by atoms with Gasteiger partial charge in [0.05, 0.1) is 6.61 Å². The van der Waals surface area contributed by atoms with Gasteiger partial charge in [-0.25, -0.2) is 0 Å². The van der Waals surface area contributed by atoms with E-state index in [0.717, 1.165) is 10.7 Å². The third-order valence-corrected chi connectivity index (χ3v) is 2.62. The van der Waals surface area contributed by atoms with Crippen LogP contribution < -0.4 is 10.5 Å². The molecular weight excluding hydrogens is 271 g/mol. The standard InChI is InChI=1S/C13H14F3N3O/c14-13(15,16)11-9-12(17)18-19(11)7-4-8-20-10-5-2-1-3-6-10/h1-3,5-6,9H,4,7-8H2,(H2,17,18). The summed E-state index contributed by atoms with van der Waals surface area (Å²) in [6.07, 6.45) is -4.05. The lowest BCUT2D eigenvalue weighted by molar-refractivity contribution is -0.144. The lowest BCUT2D eigenvalue weighted by atomic mass is 10.3. The van der Waals surface area contributed by atoms with E-state index in [-0.39, 0.29) is 12.4 Å². The van der Waals surface area contributed by atoms with Crippen molar-refractivity contribution in [2.45, 2.75) is 19.1 Å². The number of alkyl halides is 3. The van der Waals surface area contributed by atoms with Gasteiger partial charge in [0, 0.05) is 19.0 Å². The molecule has 0 aliphatic rings. The molecule has 4 nitrogen and oxygen atoms in total. The number of aryl methyl sites for hydroxylation is 1. The van der Waals surface area contributed by atoms with Crippen molar-refractivity contribution in [3.05, 3.63) is 42.1 Å². The van der Waals surface area contributed by atoms with Crippen LogP contribution in [0, 0.1) is 0 Å². The van der Waals surface area contributed by atoms with Crippen LogP contribution in [0.4, 0.5) is 19.0 Å². The van der Waals surface area contributed by atoms with Crippen molar-refractivity contribution in [1.82, 2.24) is 9.78 Å². The molecule has 0 aliphatic heterocycles. The van der Waals surface area contributed by atoms with Crippen molar-refractivity contribution in [2.75, 3.05) is 12.3 Å². The number of hydrogen-bond donors (Lipinski definition) is 1. The summed E-state index contributed by atoms with van der Waals surface area (Å²) in [7, 11) is 0. The molecule has 0 saturated heterocycles. The molecule has 0 atom stereocenters. The number of nitrogens with zero attached hydrogens (tertiary/aromatic N) is 2. The summed E-state index contributed by atoms with van der Waals surface area (Å²) in [5, 5.41) is 3.64. The molecule has 7 heteroatoms. The van der Waals surface area contributed by atoms with Gasteiger partial charge in [-0.3, -0.25) is 4.68 Å². The monoisotopic (exact) mass is 285 g/mol. The highest BCUT2D eigenvalue weighted by Crippen LogP contribution is 2.30. The van der Waals surface area contributed by atoms with E-state index in [0.29, 0.717) is 18.8 Å². The Morgan fingerprint density at radius 1 is 1.20 bits per heavy atom. The van der Waals surface area contributed by atoms with Crippen LogP contribution in [0.1, 0.15) is 12.1 Å². The Morgan fingerprint density at radius 3 is 2.55 bits per heavy atom. The highest BCUT2D eigenvalue weighted by Gasteiger charge is 2.35. The molecule has 1 aromatic carbocycles. The normalized spacial score (nSPS) is 11.6. The number of nitrogens with two attached hydrogens (primary N) is 1. The van der Waals surface area contributed by atoms with E-state index >= 15 is 0 Å². The van der Waals surface area contributed by atoms with Gasteiger partial charge in [-0.15, -0.1) is 0 Å². The summed E-state index contributed by atoms with van der Waals surface area (Å²) < 4.78 is 44.3. The van der Waals surface area contributed by atoms with Crippen LogP contribution in [0.5, 0.6) is 5.75 Å². The second-order valence-electron chi connectivity index (χ2n) is 4.19. The number of para-hydroxylation sites is 1. The van der Waals surface area contributed by atoms with Gasteiger partial charge in [0.15, 0.2) is 0 Å². The molecular formula is C13H14F3N3O. The SMILES string of the molecule is Nc1cc(C(F)(F)F)n(CCCOc2ccccc2)n1. The largest absolute Gasteiger partial charge is 0.494 e. The van der Waals surface area contributed by atoms with Gasteiger partial charge in [-0.05, 0) is 12.1 Å². The lowest BCUT2D eigenvalue weighted by Gasteiger charge is -2.10. The average molecular weight is 285 g/mol. The first-order valence-corrected chi connectivity index (χ1v) is 6.05. The summed E-state index contributed by atoms with van der Waals surface area (Å²) >= 11 is 0. The summed E-state index contributed by atoms with van der Waals surface area (Å²) in [6.45, 7) is 0.403. The Morgan fingerprint density at radius 2 is 1.90 bits per heavy atom. The molecule has 1 aromatic heterocycles. The number of hydrogen-bond acceptors (Lipinski definition) is 3. The quantitative estimate of drug-likeness (QED) is 0.859. The molecule has 2 N–H and O–H groups in total. The van der Waals surface area contributed by atoms with Gasteiger partial charge in [-0.2, -0.15) is 18.3 Å². The van der Waals surface area contributed by atoms with Crippen LogP contribution in [-0.2, 0) is 12.7 Å². The number of anilines is 1. The minimum Gasteiger partial charge on any atom is -0.494 e. The average Bonchev–Trinajstić information content (AvgIpc) is 2.77. The third kappa shape index (κ3) is 3.66. The van der Waals surface area contributed by atoms with Crippen molar-refractivity contribution in [3.8, 4) is 5.75 Å². The van der Waals surface area contributed by atoms with Crippen molar-refractivity contribution in [2.24, 2.45) is 0 Å². The van der Waals surface area contributed by atoms with Gasteiger partial charge in [0.2, 0.25) is 0 Å². The number of nitrogen functional groups attached to an aromatic ring is 1. The number of ether oxygens (including phenoxy) is 1. The van der Waals surface area contributed by atoms with Gasteiger partial charge in [0.25, 0.3) is 0 Å². The minimum atomic E-state index is -4.45. The number of aromatic nitrogens is 2. The van der Waals surface area contributed by atoms with Crippen LogP contribution in [0.15, 0.2) is 36.4 Å². The van der Waals surface area contributed by atoms with Crippen molar-refractivity contribution in [1.29, 1.82) is 0 Å². The second kappa shape index (κ2) is 5.85. The minimum absolute atomic E-state index is 0.0961. The molecule has 0 aliphatic carbocycles. The molecule has 0 spiro atoms. The molecule has 0 amide bonds. The zero-order valence-electron chi connectivity index (χ0n) is 10.6. The van der Waals surface area contributed by atoms with E-state index in [1.54, 1.807) is 12.1 Å². The molecule has 108 valence electrons. The molecule has 0 fully saturated rings. The van der Waals surface area contributed by atoms with Crippen molar-refractivity contribution < 1.29 is 17.9 Å². The first-order chi connectivity index (χ1) is 9.47. The predicted molar refractivity (Wildman–Crippen MR) is 68.2 cm³/mol. The zero-order valence-corrected chi connectivity index (χ0v) is 10.6. The molecule has 0 saturated carbocycles. The molecule has 20 heavy (non-hydrogen) atoms. The van der Waals surface area contributed by atoms with Crippen molar-refractivity contribution >= 4 is 5.82 Å². The van der Waals surface area contributed by atoms with Gasteiger partial charge in [-0.1, -0.05) is 18.2 Å². The Balaban J connectivity index is 1.88. The Hall–Kier alpha value is -2.18. The first kappa shape index (κ1) is 14.2. The summed E-state index contributed by atoms with van der Waals surface area (Å²) in [5.74, 6) is 0.546. The smallest absolute Gasteiger partial charge is 0.433 e. The van der Waals surface area contributed by atoms with E-state index in [1.165, 1.54) is 0 Å². The van der Waals surface area contributed by atoms with Crippen LogP contribution >= 0.6 is 0 Å². The maximum Gasteiger partial charge on any atom is 0.433 e.